The maximum Gasteiger partial charge on any atom is 0.275 e. The van der Waals surface area contributed by atoms with Crippen molar-refractivity contribution in [3.63, 3.8) is 0 Å². The highest BCUT2D eigenvalue weighted by atomic mass is 35.5. The molecule has 0 saturated carbocycles. The van der Waals surface area contributed by atoms with Gasteiger partial charge in [-0.3, -0.25) is 4.79 Å². The maximum absolute atomic E-state index is 12.0. The van der Waals surface area contributed by atoms with Gasteiger partial charge in [0, 0.05) is 17.1 Å². The lowest BCUT2D eigenvalue weighted by Crippen LogP contribution is -3.09. The number of carbonyl (C=O) groups excluding carboxylic acids is 1. The van der Waals surface area contributed by atoms with Crippen LogP contribution in [0.5, 0.6) is 0 Å². The fraction of sp³-hybridized carbons (Fsp3) is 0.316. The van der Waals surface area contributed by atoms with E-state index in [2.05, 4.69) is 24.4 Å². The molecule has 0 heterocycles. The fourth-order valence-electron chi connectivity index (χ4n) is 2.57. The van der Waals surface area contributed by atoms with E-state index in [9.17, 15) is 4.79 Å². The molecule has 3 nitrogen and oxygen atoms in total. The summed E-state index contributed by atoms with van der Waals surface area (Å²) in [5, 5.41) is 3.71. The number of carbonyl (C=O) groups is 1. The van der Waals surface area contributed by atoms with Crippen molar-refractivity contribution in [3.05, 3.63) is 70.2 Å². The molecule has 2 aromatic rings. The summed E-state index contributed by atoms with van der Waals surface area (Å²) in [6.07, 6.45) is 0.795. The minimum absolute atomic E-state index is 0.0816. The van der Waals surface area contributed by atoms with Crippen LogP contribution < -0.4 is 10.2 Å². The molecule has 0 aliphatic carbocycles. The van der Waals surface area contributed by atoms with Crippen molar-refractivity contribution in [2.45, 2.75) is 19.9 Å². The van der Waals surface area contributed by atoms with Gasteiger partial charge >= 0.3 is 0 Å². The molecule has 0 bridgehead atoms. The Morgan fingerprint density at radius 1 is 1.17 bits per heavy atom. The second-order valence-electron chi connectivity index (χ2n) is 5.97. The van der Waals surface area contributed by atoms with Crippen LogP contribution in [0.15, 0.2) is 48.5 Å². The van der Waals surface area contributed by atoms with Crippen LogP contribution in [0.4, 0.5) is 0 Å². The first kappa shape index (κ1) is 17.5. The van der Waals surface area contributed by atoms with E-state index in [4.69, 9.17) is 11.6 Å². The molecule has 0 spiro atoms. The predicted octanol–water partition coefficient (Wildman–Crippen LogP) is 2.02. The Labute approximate surface area is 143 Å². The van der Waals surface area contributed by atoms with Gasteiger partial charge in [-0.1, -0.05) is 48.0 Å². The number of nitrogens with one attached hydrogen (secondary N) is 2. The molecule has 0 aliphatic rings. The summed E-state index contributed by atoms with van der Waals surface area (Å²) in [7, 11) is 2.04. The van der Waals surface area contributed by atoms with Crippen molar-refractivity contribution in [1.29, 1.82) is 0 Å². The first-order valence-corrected chi connectivity index (χ1v) is 8.29. The smallest absolute Gasteiger partial charge is 0.275 e. The fourth-order valence-corrected chi connectivity index (χ4v) is 2.78. The molecule has 1 unspecified atom stereocenters. The lowest BCUT2D eigenvalue weighted by atomic mass is 10.1. The lowest BCUT2D eigenvalue weighted by molar-refractivity contribution is -0.885. The molecular weight excluding hydrogens is 308 g/mol. The summed E-state index contributed by atoms with van der Waals surface area (Å²) in [6, 6.07) is 16.0. The van der Waals surface area contributed by atoms with E-state index >= 15 is 0 Å². The second kappa shape index (κ2) is 8.70. The molecule has 1 amide bonds. The van der Waals surface area contributed by atoms with Crippen molar-refractivity contribution >= 4 is 17.5 Å². The van der Waals surface area contributed by atoms with E-state index in [0.717, 1.165) is 23.6 Å². The third-order valence-corrected chi connectivity index (χ3v) is 4.08. The standard InChI is InChI=1S/C19H23ClN2O/c1-15-6-3-4-8-17(15)13-22(2)14-19(23)21-11-10-16-7-5-9-18(20)12-16/h3-9,12H,10-11,13-14H2,1-2H3,(H,21,23)/p+1. The van der Waals surface area contributed by atoms with Gasteiger partial charge < -0.3 is 10.2 Å². The molecule has 1 atom stereocenters. The van der Waals surface area contributed by atoms with Gasteiger partial charge in [0.15, 0.2) is 6.54 Å². The molecule has 122 valence electrons. The monoisotopic (exact) mass is 331 g/mol. The van der Waals surface area contributed by atoms with Crippen molar-refractivity contribution in [2.24, 2.45) is 0 Å². The van der Waals surface area contributed by atoms with Crippen LogP contribution in [0.1, 0.15) is 16.7 Å². The number of benzene rings is 2. The number of halogens is 1. The van der Waals surface area contributed by atoms with Crippen molar-refractivity contribution < 1.29 is 9.69 Å². The highest BCUT2D eigenvalue weighted by molar-refractivity contribution is 6.30. The van der Waals surface area contributed by atoms with Crippen molar-refractivity contribution in [2.75, 3.05) is 20.1 Å². The molecule has 4 heteroatoms. The molecule has 0 aliphatic heterocycles. The molecule has 0 radical (unpaired) electrons. The molecule has 0 saturated heterocycles. The molecule has 0 fully saturated rings. The predicted molar refractivity (Wildman–Crippen MR) is 94.8 cm³/mol. The van der Waals surface area contributed by atoms with Gasteiger partial charge in [-0.25, -0.2) is 0 Å². The van der Waals surface area contributed by atoms with E-state index in [0.29, 0.717) is 13.1 Å². The van der Waals surface area contributed by atoms with Gasteiger partial charge in [-0.2, -0.15) is 0 Å². The Morgan fingerprint density at radius 3 is 2.70 bits per heavy atom. The van der Waals surface area contributed by atoms with Crippen molar-refractivity contribution in [1.82, 2.24) is 5.32 Å². The zero-order chi connectivity index (χ0) is 16.7. The number of quaternary nitrogens is 1. The van der Waals surface area contributed by atoms with Crippen LogP contribution in [-0.2, 0) is 17.8 Å². The van der Waals surface area contributed by atoms with Crippen LogP contribution in [0.25, 0.3) is 0 Å². The number of likely N-dealkylation sites (N-methyl/N-ethyl adjacent to an activating group) is 1. The summed E-state index contributed by atoms with van der Waals surface area (Å²) in [4.78, 5) is 13.2. The molecule has 23 heavy (non-hydrogen) atoms. The Kier molecular flexibility index (Phi) is 6.63. The van der Waals surface area contributed by atoms with Gasteiger partial charge in [0.25, 0.3) is 5.91 Å². The topological polar surface area (TPSA) is 33.5 Å². The summed E-state index contributed by atoms with van der Waals surface area (Å²) in [5.74, 6) is 0.0816. The van der Waals surface area contributed by atoms with E-state index in [-0.39, 0.29) is 5.91 Å². The zero-order valence-corrected chi connectivity index (χ0v) is 14.5. The van der Waals surface area contributed by atoms with Crippen LogP contribution in [0, 0.1) is 6.92 Å². The molecular formula is C19H24ClN2O+. The van der Waals surface area contributed by atoms with Gasteiger partial charge in [0.2, 0.25) is 0 Å². The Balaban J connectivity index is 1.73. The SMILES string of the molecule is Cc1ccccc1C[NH+](C)CC(=O)NCCc1cccc(Cl)c1. The van der Waals surface area contributed by atoms with Gasteiger partial charge in [0.05, 0.1) is 7.05 Å². The molecule has 0 aromatic heterocycles. The summed E-state index contributed by atoms with van der Waals surface area (Å²) >= 11 is 5.95. The Bertz CT molecular complexity index is 657. The molecule has 2 rings (SSSR count). The highest BCUT2D eigenvalue weighted by Crippen LogP contribution is 2.10. The Hall–Kier alpha value is -1.84. The summed E-state index contributed by atoms with van der Waals surface area (Å²) in [6.45, 7) is 4.07. The second-order valence-corrected chi connectivity index (χ2v) is 6.40. The quantitative estimate of drug-likeness (QED) is 0.799. The van der Waals surface area contributed by atoms with Crippen molar-refractivity contribution in [3.8, 4) is 0 Å². The minimum atomic E-state index is 0.0816. The third-order valence-electron chi connectivity index (χ3n) is 3.84. The van der Waals surface area contributed by atoms with Crippen LogP contribution in [-0.4, -0.2) is 26.0 Å². The summed E-state index contributed by atoms with van der Waals surface area (Å²) in [5.41, 5.74) is 3.70. The normalized spacial score (nSPS) is 12.0. The number of rotatable bonds is 7. The average Bonchev–Trinajstić information content (AvgIpc) is 2.49. The largest absolute Gasteiger partial charge is 0.351 e. The number of hydrogen-bond donors (Lipinski definition) is 2. The van der Waals surface area contributed by atoms with E-state index in [1.807, 2.05) is 43.4 Å². The number of aryl methyl sites for hydroxylation is 1. The van der Waals surface area contributed by atoms with Gasteiger partial charge in [0.1, 0.15) is 6.54 Å². The molecule has 2 aromatic carbocycles. The highest BCUT2D eigenvalue weighted by Gasteiger charge is 2.11. The van der Waals surface area contributed by atoms with E-state index in [1.165, 1.54) is 16.0 Å². The Morgan fingerprint density at radius 2 is 1.96 bits per heavy atom. The van der Waals surface area contributed by atoms with E-state index in [1.54, 1.807) is 0 Å². The van der Waals surface area contributed by atoms with Crippen LogP contribution in [0.2, 0.25) is 5.02 Å². The van der Waals surface area contributed by atoms with Crippen LogP contribution >= 0.6 is 11.6 Å². The first-order valence-electron chi connectivity index (χ1n) is 7.91. The maximum atomic E-state index is 12.0. The first-order chi connectivity index (χ1) is 11.0. The van der Waals surface area contributed by atoms with Crippen LogP contribution in [0.3, 0.4) is 0 Å². The van der Waals surface area contributed by atoms with Gasteiger partial charge in [-0.05, 0) is 36.6 Å². The van der Waals surface area contributed by atoms with Gasteiger partial charge in [-0.15, -0.1) is 0 Å². The minimum Gasteiger partial charge on any atom is -0.351 e. The number of hydrogen-bond acceptors (Lipinski definition) is 1. The average molecular weight is 332 g/mol. The zero-order valence-electron chi connectivity index (χ0n) is 13.7. The molecule has 2 N–H and O–H groups in total. The third kappa shape index (κ3) is 6.05. The number of amides is 1. The van der Waals surface area contributed by atoms with E-state index < -0.39 is 0 Å². The lowest BCUT2D eigenvalue weighted by Gasteiger charge is -2.15. The summed E-state index contributed by atoms with van der Waals surface area (Å²) < 4.78 is 0.